The molecule has 6 heteroatoms. The monoisotopic (exact) mass is 1180 g/mol. The molecule has 0 N–H and O–H groups in total. The molecule has 2 aliphatic heterocycles. The van der Waals surface area contributed by atoms with E-state index in [2.05, 4.69) is 281 Å². The number of fused-ring (bicyclic) bond motifs is 2. The van der Waals surface area contributed by atoms with E-state index in [1.807, 2.05) is 6.20 Å². The molecule has 392 valence electrons. The molecule has 5 nitrogen and oxygen atoms in total. The van der Waals surface area contributed by atoms with Crippen LogP contribution in [0.3, 0.4) is 0 Å². The summed E-state index contributed by atoms with van der Waals surface area (Å²) in [7, 11) is 0. The van der Waals surface area contributed by atoms with Crippen molar-refractivity contribution in [3.63, 3.8) is 0 Å². The summed E-state index contributed by atoms with van der Waals surface area (Å²) in [4.78, 5) is 16.0. The number of rotatable bonds is 8. The molecule has 9 rings (SSSR count). The van der Waals surface area contributed by atoms with Gasteiger partial charge in [0.15, 0.2) is 0 Å². The summed E-state index contributed by atoms with van der Waals surface area (Å²) >= 11 is 0. The fourth-order valence-corrected chi connectivity index (χ4v) is 11.2. The Balaban J connectivity index is 0.00000747. The van der Waals surface area contributed by atoms with E-state index in [0.29, 0.717) is 11.5 Å². The quantitative estimate of drug-likeness (QED) is 0.142. The first-order valence-electron chi connectivity index (χ1n) is 26.8. The van der Waals surface area contributed by atoms with Crippen LogP contribution in [0.1, 0.15) is 185 Å². The maximum Gasteiger partial charge on any atom is 2.00 e. The van der Waals surface area contributed by atoms with Crippen LogP contribution in [-0.4, -0.2) is 21.9 Å². The average Bonchev–Trinajstić information content (AvgIpc) is 3.52. The third kappa shape index (κ3) is 10.3. The molecule has 0 radical (unpaired) electrons. The van der Waals surface area contributed by atoms with Gasteiger partial charge < -0.3 is 19.5 Å². The van der Waals surface area contributed by atoms with E-state index in [1.165, 1.54) is 38.9 Å². The Hall–Kier alpha value is -5.77. The molecule has 7 aromatic rings. The van der Waals surface area contributed by atoms with Gasteiger partial charge in [-0.15, -0.1) is 35.4 Å². The van der Waals surface area contributed by atoms with E-state index in [9.17, 15) is 0 Å². The van der Waals surface area contributed by atoms with Gasteiger partial charge in [-0.1, -0.05) is 201 Å². The standard InChI is InChI=1S/C69H80N4O.Pt/c1-44-32-53(72-59-31-30-49(63(3,4)5)41-57(59)67(15,16)58-34-45(2)43-70-62(58)72)42-55(33-44)74-56-36-48(35-50(40-56)64(6,7)8)61-71-68(17,18)69(19,60(46-26-22-20-23-27-46)47-28-24-21-25-29-47)73(61)54-38-51(65(9,10)11)37-52(39-54)66(12,13)14;/h20-35,37-41,43,60H,1-19H3;/q-2;+2/t69-;/m0./s1. The summed E-state index contributed by atoms with van der Waals surface area (Å²) in [6.45, 7) is 43.6. The van der Waals surface area contributed by atoms with Crippen molar-refractivity contribution in [3.8, 4) is 11.5 Å². The largest absolute Gasteiger partial charge is 2.00 e. The van der Waals surface area contributed by atoms with Crippen LogP contribution < -0.4 is 14.5 Å². The van der Waals surface area contributed by atoms with Crippen molar-refractivity contribution >= 4 is 28.7 Å². The number of hydrogen-bond donors (Lipinski definition) is 0. The second-order valence-electron chi connectivity index (χ2n) is 26.7. The summed E-state index contributed by atoms with van der Waals surface area (Å²) < 4.78 is 7.15. The normalized spacial score (nSPS) is 17.3. The number of benzene rings is 6. The molecule has 0 aliphatic carbocycles. The number of nitrogens with zero attached hydrogens (tertiary/aromatic N) is 4. The van der Waals surface area contributed by atoms with Gasteiger partial charge in [0, 0.05) is 46.0 Å². The third-order valence-corrected chi connectivity index (χ3v) is 16.1. The molecule has 0 fully saturated rings. The minimum Gasteiger partial charge on any atom is -0.503 e. The van der Waals surface area contributed by atoms with Crippen LogP contribution in [0, 0.1) is 26.0 Å². The zero-order valence-electron chi connectivity index (χ0n) is 48.3. The summed E-state index contributed by atoms with van der Waals surface area (Å²) in [6.07, 6.45) is 1.98. The number of pyridine rings is 1. The van der Waals surface area contributed by atoms with Crippen LogP contribution in [0.2, 0.25) is 0 Å². The first kappa shape index (κ1) is 55.5. The van der Waals surface area contributed by atoms with E-state index in [1.54, 1.807) is 0 Å². The van der Waals surface area contributed by atoms with Gasteiger partial charge in [0.1, 0.15) is 5.82 Å². The van der Waals surface area contributed by atoms with Crippen LogP contribution in [0.4, 0.5) is 22.9 Å². The van der Waals surface area contributed by atoms with Gasteiger partial charge in [-0.05, 0) is 113 Å². The zero-order valence-corrected chi connectivity index (χ0v) is 50.6. The zero-order chi connectivity index (χ0) is 53.7. The Bertz CT molecular complexity index is 3210. The molecule has 0 saturated heterocycles. The van der Waals surface area contributed by atoms with Crippen LogP contribution in [0.5, 0.6) is 11.5 Å². The molecule has 1 atom stereocenters. The number of aromatic nitrogens is 1. The Morgan fingerprint density at radius 2 is 1.07 bits per heavy atom. The summed E-state index contributed by atoms with van der Waals surface area (Å²) in [6, 6.07) is 54.9. The fourth-order valence-electron chi connectivity index (χ4n) is 11.2. The molecule has 6 aromatic carbocycles. The van der Waals surface area contributed by atoms with E-state index in [4.69, 9.17) is 14.7 Å². The fraction of sp³-hybridized carbons (Fsp3) is 0.391. The number of anilines is 4. The van der Waals surface area contributed by atoms with Crippen LogP contribution in [-0.2, 0) is 48.1 Å². The molecule has 2 aliphatic rings. The molecule has 0 saturated carbocycles. The van der Waals surface area contributed by atoms with Crippen LogP contribution in [0.25, 0.3) is 0 Å². The second kappa shape index (κ2) is 19.4. The van der Waals surface area contributed by atoms with Crippen molar-refractivity contribution in [1.29, 1.82) is 0 Å². The maximum atomic E-state index is 7.15. The average molecular weight is 1180 g/mol. The molecule has 0 bridgehead atoms. The molecular weight excluding hydrogens is 1100 g/mol. The third-order valence-electron chi connectivity index (χ3n) is 16.1. The predicted molar refractivity (Wildman–Crippen MR) is 312 cm³/mol. The number of aryl methyl sites for hydroxylation is 2. The van der Waals surface area contributed by atoms with Gasteiger partial charge in [0.05, 0.1) is 16.9 Å². The first-order valence-corrected chi connectivity index (χ1v) is 26.8. The Kier molecular flexibility index (Phi) is 14.3. The Morgan fingerprint density at radius 1 is 0.533 bits per heavy atom. The Labute approximate surface area is 465 Å². The maximum absolute atomic E-state index is 7.15. The van der Waals surface area contributed by atoms with Crippen LogP contribution in [0.15, 0.2) is 139 Å². The van der Waals surface area contributed by atoms with Gasteiger partial charge >= 0.3 is 21.1 Å². The SMILES string of the molecule is Cc1cc(Oc2[c-]c(C3=NC(C)(C)[C@](C)(C(c4ccccc4)c4ccccc4)N3c3cc(C(C)(C)C)cc(C(C)(C)C)c3)cc(C(C)(C)C)c2)[c-]c(N2c3ccc(C(C)(C)C)cc3C(C)(C)c3cc(C)cnc32)c1.[Pt+2]. The molecule has 1 aromatic heterocycles. The number of amidine groups is 1. The topological polar surface area (TPSA) is 41.0 Å². The summed E-state index contributed by atoms with van der Waals surface area (Å²) in [5, 5.41) is 0. The van der Waals surface area contributed by atoms with Crippen molar-refractivity contribution in [1.82, 2.24) is 4.98 Å². The number of aliphatic imine (C=N–C) groups is 1. The molecule has 0 unspecified atom stereocenters. The van der Waals surface area contributed by atoms with Crippen molar-refractivity contribution in [2.24, 2.45) is 4.99 Å². The molecule has 3 heterocycles. The van der Waals surface area contributed by atoms with E-state index in [0.717, 1.165) is 51.0 Å². The number of hydrogen-bond acceptors (Lipinski definition) is 5. The van der Waals surface area contributed by atoms with Crippen molar-refractivity contribution in [2.75, 3.05) is 9.80 Å². The summed E-state index contributed by atoms with van der Waals surface area (Å²) in [5.41, 5.74) is 14.1. The smallest absolute Gasteiger partial charge is 0.503 e. The second-order valence-corrected chi connectivity index (χ2v) is 26.7. The van der Waals surface area contributed by atoms with Gasteiger partial charge in [-0.2, -0.15) is 5.56 Å². The van der Waals surface area contributed by atoms with Gasteiger partial charge in [0.2, 0.25) is 0 Å². The Morgan fingerprint density at radius 3 is 1.61 bits per heavy atom. The first-order chi connectivity index (χ1) is 34.4. The minimum atomic E-state index is -0.627. The van der Waals surface area contributed by atoms with E-state index in [-0.39, 0.29) is 54.1 Å². The van der Waals surface area contributed by atoms with Crippen LogP contribution >= 0.6 is 0 Å². The van der Waals surface area contributed by atoms with Gasteiger partial charge in [-0.25, -0.2) is 4.98 Å². The van der Waals surface area contributed by atoms with E-state index >= 15 is 0 Å². The van der Waals surface area contributed by atoms with Gasteiger partial charge in [0.25, 0.3) is 0 Å². The minimum absolute atomic E-state index is 0. The molecular formula is C69H80N4OPt. The molecule has 0 amide bonds. The number of ether oxygens (including phenoxy) is 1. The van der Waals surface area contributed by atoms with Gasteiger partial charge in [-0.3, -0.25) is 0 Å². The molecule has 0 spiro atoms. The van der Waals surface area contributed by atoms with E-state index < -0.39 is 11.1 Å². The van der Waals surface area contributed by atoms with Crippen molar-refractivity contribution in [2.45, 2.75) is 176 Å². The van der Waals surface area contributed by atoms with Crippen molar-refractivity contribution < 1.29 is 25.8 Å². The van der Waals surface area contributed by atoms with Crippen molar-refractivity contribution in [3.05, 3.63) is 207 Å². The predicted octanol–water partition coefficient (Wildman–Crippen LogP) is 18.0. The molecule has 75 heavy (non-hydrogen) atoms. The summed E-state index contributed by atoms with van der Waals surface area (Å²) in [5.74, 6) is 2.92.